The van der Waals surface area contributed by atoms with Crippen molar-refractivity contribution in [3.63, 3.8) is 0 Å². The van der Waals surface area contributed by atoms with Crippen LogP contribution in [0.4, 0.5) is 0 Å². The molecule has 0 aliphatic carbocycles. The highest BCUT2D eigenvalue weighted by Crippen LogP contribution is 2.30. The van der Waals surface area contributed by atoms with E-state index in [2.05, 4.69) is 0 Å². The highest BCUT2D eigenvalue weighted by molar-refractivity contribution is 7.89. The number of nitrogens with zero attached hydrogens (tertiary/aromatic N) is 2. The first-order valence-corrected chi connectivity index (χ1v) is 12.3. The largest absolute Gasteiger partial charge is 0.388 e. The molecule has 1 amide bonds. The Kier molecular flexibility index (Phi) is 6.60. The van der Waals surface area contributed by atoms with Crippen LogP contribution in [-0.4, -0.2) is 55.3 Å². The van der Waals surface area contributed by atoms with Crippen LogP contribution in [0.15, 0.2) is 77.7 Å². The van der Waals surface area contributed by atoms with E-state index in [0.29, 0.717) is 25.9 Å². The summed E-state index contributed by atoms with van der Waals surface area (Å²) < 4.78 is 27.1. The first-order chi connectivity index (χ1) is 15.4. The molecule has 7 heteroatoms. The molecule has 1 atom stereocenters. The summed E-state index contributed by atoms with van der Waals surface area (Å²) in [5, 5.41) is 12.4. The first-order valence-electron chi connectivity index (χ1n) is 10.8. The zero-order chi connectivity index (χ0) is 22.7. The van der Waals surface area contributed by atoms with E-state index in [1.165, 1.54) is 7.05 Å². The van der Waals surface area contributed by atoms with Gasteiger partial charge in [0.15, 0.2) is 0 Å². The summed E-state index contributed by atoms with van der Waals surface area (Å²) in [5.74, 6) is -0.134. The van der Waals surface area contributed by atoms with E-state index in [0.717, 1.165) is 20.6 Å². The third-order valence-electron chi connectivity index (χ3n) is 6.27. The molecule has 1 N–H and O–H groups in total. The summed E-state index contributed by atoms with van der Waals surface area (Å²) in [6.45, 7) is 0.815. The smallest absolute Gasteiger partial charge is 0.243 e. The van der Waals surface area contributed by atoms with Crippen molar-refractivity contribution in [2.45, 2.75) is 23.8 Å². The van der Waals surface area contributed by atoms with Crippen molar-refractivity contribution in [1.82, 2.24) is 9.21 Å². The predicted molar refractivity (Wildman–Crippen MR) is 124 cm³/mol. The number of carbonyl (C=O) groups is 1. The van der Waals surface area contributed by atoms with Crippen LogP contribution < -0.4 is 0 Å². The minimum Gasteiger partial charge on any atom is -0.388 e. The lowest BCUT2D eigenvalue weighted by Crippen LogP contribution is -2.45. The molecule has 6 nitrogen and oxygen atoms in total. The summed E-state index contributed by atoms with van der Waals surface area (Å²) in [6.07, 6.45) is 0.815. The fraction of sp³-hybridized carbons (Fsp3) is 0.320. The molecule has 168 valence electrons. The normalized spacial score (nSPS) is 16.4. The van der Waals surface area contributed by atoms with Gasteiger partial charge in [-0.1, -0.05) is 60.7 Å². The number of carbonyl (C=O) groups excluding carboxylic acids is 1. The lowest BCUT2D eigenvalue weighted by Gasteiger charge is -2.35. The number of fused-ring (bicyclic) bond motifs is 1. The molecular formula is C25H28N2O4S. The van der Waals surface area contributed by atoms with Crippen LogP contribution >= 0.6 is 0 Å². The van der Waals surface area contributed by atoms with Crippen molar-refractivity contribution in [2.24, 2.45) is 5.92 Å². The maximum Gasteiger partial charge on any atom is 0.243 e. The molecule has 4 rings (SSSR count). The summed E-state index contributed by atoms with van der Waals surface area (Å²) in [4.78, 5) is 14.7. The molecule has 0 spiro atoms. The third kappa shape index (κ3) is 4.70. The van der Waals surface area contributed by atoms with E-state index in [4.69, 9.17) is 0 Å². The van der Waals surface area contributed by atoms with Crippen LogP contribution in [-0.2, 0) is 14.8 Å². The number of benzene rings is 3. The molecule has 3 aromatic carbocycles. The highest BCUT2D eigenvalue weighted by Gasteiger charge is 2.30. The van der Waals surface area contributed by atoms with E-state index in [1.54, 1.807) is 23.1 Å². The van der Waals surface area contributed by atoms with Crippen molar-refractivity contribution in [2.75, 3.05) is 26.7 Å². The second-order valence-electron chi connectivity index (χ2n) is 8.34. The summed E-state index contributed by atoms with van der Waals surface area (Å²) in [5.41, 5.74) is 0.887. The Morgan fingerprint density at radius 3 is 2.31 bits per heavy atom. The molecule has 32 heavy (non-hydrogen) atoms. The Bertz CT molecular complexity index is 1190. The number of aliphatic hydroxyl groups excluding tert-OH is 1. The minimum absolute atomic E-state index is 0.0838. The van der Waals surface area contributed by atoms with Gasteiger partial charge in [0.25, 0.3) is 0 Å². The molecule has 1 fully saturated rings. The van der Waals surface area contributed by atoms with Gasteiger partial charge >= 0.3 is 0 Å². The van der Waals surface area contributed by atoms with Crippen LogP contribution in [0, 0.1) is 5.92 Å². The van der Waals surface area contributed by atoms with Gasteiger partial charge in [0.05, 0.1) is 17.5 Å². The van der Waals surface area contributed by atoms with Gasteiger partial charge in [-0.25, -0.2) is 8.42 Å². The zero-order valence-electron chi connectivity index (χ0n) is 18.1. The Morgan fingerprint density at radius 2 is 1.62 bits per heavy atom. The van der Waals surface area contributed by atoms with Gasteiger partial charge in [0, 0.05) is 20.1 Å². The molecule has 0 saturated carbocycles. The Labute approximate surface area is 189 Å². The monoisotopic (exact) mass is 452 g/mol. The second-order valence-corrected chi connectivity index (χ2v) is 10.4. The Hall–Kier alpha value is -2.74. The molecule has 1 unspecified atom stereocenters. The highest BCUT2D eigenvalue weighted by atomic mass is 32.2. The summed E-state index contributed by atoms with van der Waals surface area (Å²) in [6, 6.07) is 22.1. The van der Waals surface area contributed by atoms with Crippen molar-refractivity contribution in [3.05, 3.63) is 78.4 Å². The molecule has 1 heterocycles. The quantitative estimate of drug-likeness (QED) is 0.622. The summed E-state index contributed by atoms with van der Waals surface area (Å²) >= 11 is 0. The second kappa shape index (κ2) is 9.40. The maximum atomic E-state index is 13.0. The maximum absolute atomic E-state index is 13.0. The van der Waals surface area contributed by atoms with Gasteiger partial charge < -0.3 is 10.0 Å². The summed E-state index contributed by atoms with van der Waals surface area (Å²) in [7, 11) is -2.34. The van der Waals surface area contributed by atoms with Crippen molar-refractivity contribution in [1.29, 1.82) is 0 Å². The number of likely N-dealkylation sites (tertiary alicyclic amines) is 1. The lowest BCUT2D eigenvalue weighted by molar-refractivity contribution is -0.133. The van der Waals surface area contributed by atoms with Crippen LogP contribution in [0.3, 0.4) is 0 Å². The van der Waals surface area contributed by atoms with Crippen LogP contribution in [0.25, 0.3) is 10.8 Å². The van der Waals surface area contributed by atoms with Gasteiger partial charge in [0.1, 0.15) is 0 Å². The van der Waals surface area contributed by atoms with Gasteiger partial charge in [0.2, 0.25) is 15.9 Å². The lowest BCUT2D eigenvalue weighted by atomic mass is 9.87. The van der Waals surface area contributed by atoms with Crippen LogP contribution in [0.2, 0.25) is 0 Å². The molecule has 1 aliphatic rings. The molecule has 0 bridgehead atoms. The molecule has 0 radical (unpaired) electrons. The molecular weight excluding hydrogens is 424 g/mol. The molecule has 0 aromatic heterocycles. The molecule has 1 aliphatic heterocycles. The number of amides is 1. The number of aliphatic hydroxyl groups is 1. The predicted octanol–water partition coefficient (Wildman–Crippen LogP) is 3.43. The number of sulfonamides is 1. The fourth-order valence-corrected chi connectivity index (χ4v) is 5.43. The number of rotatable bonds is 6. The van der Waals surface area contributed by atoms with Gasteiger partial charge in [-0.05, 0) is 47.2 Å². The van der Waals surface area contributed by atoms with Crippen molar-refractivity contribution in [3.8, 4) is 0 Å². The van der Waals surface area contributed by atoms with Crippen molar-refractivity contribution >= 4 is 26.7 Å². The minimum atomic E-state index is -3.78. The Balaban J connectivity index is 1.37. The molecule has 1 saturated heterocycles. The average Bonchev–Trinajstić information content (AvgIpc) is 2.83. The zero-order valence-corrected chi connectivity index (χ0v) is 18.9. The van der Waals surface area contributed by atoms with Gasteiger partial charge in [-0.2, -0.15) is 4.31 Å². The average molecular weight is 453 g/mol. The number of piperidine rings is 1. The van der Waals surface area contributed by atoms with E-state index in [1.807, 2.05) is 54.6 Å². The van der Waals surface area contributed by atoms with Crippen LogP contribution in [0.5, 0.6) is 0 Å². The van der Waals surface area contributed by atoms with Gasteiger partial charge in [-0.15, -0.1) is 0 Å². The van der Waals surface area contributed by atoms with E-state index < -0.39 is 16.1 Å². The number of hydrogen-bond acceptors (Lipinski definition) is 4. The van der Waals surface area contributed by atoms with Gasteiger partial charge in [-0.3, -0.25) is 4.79 Å². The van der Waals surface area contributed by atoms with E-state index in [9.17, 15) is 18.3 Å². The first kappa shape index (κ1) is 22.5. The SMILES string of the molecule is CN(CC(=O)N1CCC(C(O)c2ccccc2)CC1)S(=O)(=O)c1ccc2ccccc2c1. The Morgan fingerprint density at radius 1 is 1.00 bits per heavy atom. The third-order valence-corrected chi connectivity index (χ3v) is 8.07. The fourth-order valence-electron chi connectivity index (χ4n) is 4.27. The van der Waals surface area contributed by atoms with E-state index >= 15 is 0 Å². The topological polar surface area (TPSA) is 77.9 Å². The number of likely N-dealkylation sites (N-methyl/N-ethyl adjacent to an activating group) is 1. The standard InChI is InChI=1S/C25H28N2O4S/c1-26(32(30,31)23-12-11-19-7-5-6-10-22(19)17-23)18-24(28)27-15-13-21(14-16-27)25(29)20-8-3-2-4-9-20/h2-12,17,21,25,29H,13-16,18H2,1H3. The van der Waals surface area contributed by atoms with Crippen LogP contribution in [0.1, 0.15) is 24.5 Å². The van der Waals surface area contributed by atoms with E-state index in [-0.39, 0.29) is 23.3 Å². The number of hydrogen-bond donors (Lipinski definition) is 1. The van der Waals surface area contributed by atoms with Crippen molar-refractivity contribution < 1.29 is 18.3 Å². The molecule has 3 aromatic rings.